The predicted molar refractivity (Wildman–Crippen MR) is 75.8 cm³/mol. The number of nitrogens with one attached hydrogen (secondary N) is 1. The van der Waals surface area contributed by atoms with Gasteiger partial charge in [0.1, 0.15) is 0 Å². The number of rotatable bonds is 4. The second-order valence-electron chi connectivity index (χ2n) is 4.76. The summed E-state index contributed by atoms with van der Waals surface area (Å²) in [5, 5.41) is 11.2. The Balaban J connectivity index is 1.95. The number of benzene rings is 1. The molecule has 0 saturated heterocycles. The van der Waals surface area contributed by atoms with Gasteiger partial charge in [0.05, 0.1) is 10.6 Å². The van der Waals surface area contributed by atoms with Crippen molar-refractivity contribution in [3.63, 3.8) is 0 Å². The van der Waals surface area contributed by atoms with E-state index in [9.17, 15) is 14.5 Å². The first kappa shape index (κ1) is 14.1. The Labute approximate surface area is 116 Å². The molecule has 0 aromatic heterocycles. The normalized spacial score (nSPS) is 16.9. The van der Waals surface area contributed by atoms with Crippen molar-refractivity contribution in [1.82, 2.24) is 0 Å². The third kappa shape index (κ3) is 4.09. The lowest BCUT2D eigenvalue weighted by molar-refractivity contribution is -0.387. The van der Waals surface area contributed by atoms with E-state index in [0.29, 0.717) is 10.9 Å². The molecule has 6 heteroatoms. The zero-order valence-electron chi connectivity index (χ0n) is 10.6. The van der Waals surface area contributed by atoms with Crippen LogP contribution in [0.4, 0.5) is 15.8 Å². The highest BCUT2D eigenvalue weighted by Crippen LogP contribution is 2.30. The van der Waals surface area contributed by atoms with Crippen LogP contribution >= 0.6 is 11.9 Å². The fourth-order valence-electron chi connectivity index (χ4n) is 2.23. The van der Waals surface area contributed by atoms with Crippen molar-refractivity contribution in [2.75, 3.05) is 4.72 Å². The summed E-state index contributed by atoms with van der Waals surface area (Å²) in [7, 11) is 0. The van der Waals surface area contributed by atoms with Crippen molar-refractivity contribution in [3.8, 4) is 0 Å². The van der Waals surface area contributed by atoms with Crippen molar-refractivity contribution in [2.24, 2.45) is 0 Å². The van der Waals surface area contributed by atoms with E-state index in [4.69, 9.17) is 0 Å². The Hall–Kier alpha value is -1.30. The van der Waals surface area contributed by atoms with Gasteiger partial charge in [0.15, 0.2) is 0 Å². The maximum Gasteiger partial charge on any atom is 0.306 e. The molecule has 0 radical (unpaired) electrons. The highest BCUT2D eigenvalue weighted by atomic mass is 32.2. The molecule has 0 heterocycles. The number of nitro groups is 1. The molecule has 104 valence electrons. The van der Waals surface area contributed by atoms with Crippen LogP contribution in [0.5, 0.6) is 0 Å². The van der Waals surface area contributed by atoms with E-state index in [1.54, 1.807) is 11.9 Å². The number of hydrogen-bond donors (Lipinski definition) is 1. The van der Waals surface area contributed by atoms with E-state index in [1.165, 1.54) is 50.7 Å². The van der Waals surface area contributed by atoms with Gasteiger partial charge >= 0.3 is 5.69 Å². The molecule has 19 heavy (non-hydrogen) atoms. The Morgan fingerprint density at radius 1 is 1.26 bits per heavy atom. The average molecular weight is 284 g/mol. The minimum Gasteiger partial charge on any atom is -0.329 e. The first-order chi connectivity index (χ1) is 9.16. The molecule has 0 atom stereocenters. The van der Waals surface area contributed by atoms with Crippen LogP contribution in [-0.4, -0.2) is 10.2 Å². The van der Waals surface area contributed by atoms with E-state index < -0.39 is 16.4 Å². The van der Waals surface area contributed by atoms with Crippen LogP contribution < -0.4 is 4.72 Å². The van der Waals surface area contributed by atoms with Crippen LogP contribution in [0.15, 0.2) is 18.2 Å². The van der Waals surface area contributed by atoms with Crippen LogP contribution in [0.1, 0.15) is 38.5 Å². The first-order valence-corrected chi connectivity index (χ1v) is 7.40. The van der Waals surface area contributed by atoms with Crippen molar-refractivity contribution in [1.29, 1.82) is 0 Å². The van der Waals surface area contributed by atoms with E-state index in [2.05, 4.69) is 4.72 Å². The Morgan fingerprint density at radius 2 is 1.95 bits per heavy atom. The van der Waals surface area contributed by atoms with Gasteiger partial charge in [-0.1, -0.05) is 25.7 Å². The lowest BCUT2D eigenvalue weighted by Gasteiger charge is -2.14. The third-order valence-corrected chi connectivity index (χ3v) is 4.45. The van der Waals surface area contributed by atoms with Gasteiger partial charge < -0.3 is 4.72 Å². The molecule has 4 nitrogen and oxygen atoms in total. The topological polar surface area (TPSA) is 55.2 Å². The van der Waals surface area contributed by atoms with Crippen LogP contribution in [0, 0.1) is 15.9 Å². The Kier molecular flexibility index (Phi) is 5.01. The molecule has 1 aliphatic rings. The largest absolute Gasteiger partial charge is 0.329 e. The van der Waals surface area contributed by atoms with Crippen LogP contribution in [0.25, 0.3) is 0 Å². The van der Waals surface area contributed by atoms with Gasteiger partial charge in [-0.05, 0) is 36.9 Å². The molecule has 0 unspecified atom stereocenters. The zero-order valence-corrected chi connectivity index (χ0v) is 11.4. The lowest BCUT2D eigenvalue weighted by Crippen LogP contribution is -2.04. The van der Waals surface area contributed by atoms with Gasteiger partial charge in [-0.3, -0.25) is 10.1 Å². The second-order valence-corrected chi connectivity index (χ2v) is 5.86. The molecule has 2 rings (SSSR count). The van der Waals surface area contributed by atoms with Gasteiger partial charge in [0.2, 0.25) is 5.82 Å². The van der Waals surface area contributed by atoms with Crippen molar-refractivity contribution < 1.29 is 9.31 Å². The van der Waals surface area contributed by atoms with Gasteiger partial charge in [0.25, 0.3) is 0 Å². The molecule has 1 aromatic rings. The summed E-state index contributed by atoms with van der Waals surface area (Å²) in [5.41, 5.74) is 0.105. The maximum atomic E-state index is 13.2. The average Bonchev–Trinajstić information content (AvgIpc) is 2.66. The number of hydrogen-bond acceptors (Lipinski definition) is 4. The number of halogens is 1. The van der Waals surface area contributed by atoms with Gasteiger partial charge in [-0.15, -0.1) is 0 Å². The molecule has 0 spiro atoms. The second kappa shape index (κ2) is 6.75. The summed E-state index contributed by atoms with van der Waals surface area (Å²) in [6.45, 7) is 0. The fourth-order valence-corrected chi connectivity index (χ4v) is 3.23. The summed E-state index contributed by atoms with van der Waals surface area (Å²) >= 11 is 1.60. The molecule has 1 saturated carbocycles. The number of anilines is 1. The predicted octanol–water partition coefficient (Wildman–Crippen LogP) is 4.52. The lowest BCUT2D eigenvalue weighted by atomic mass is 10.2. The molecule has 1 N–H and O–H groups in total. The van der Waals surface area contributed by atoms with Crippen LogP contribution in [0.2, 0.25) is 0 Å². The maximum absolute atomic E-state index is 13.2. The fraction of sp³-hybridized carbons (Fsp3) is 0.538. The number of nitrogens with zero attached hydrogens (tertiary/aromatic N) is 1. The summed E-state index contributed by atoms with van der Waals surface area (Å²) < 4.78 is 16.3. The smallest absolute Gasteiger partial charge is 0.306 e. The van der Waals surface area contributed by atoms with Crippen molar-refractivity contribution >= 4 is 23.3 Å². The quantitative estimate of drug-likeness (QED) is 0.382. The van der Waals surface area contributed by atoms with E-state index in [-0.39, 0.29) is 0 Å². The summed E-state index contributed by atoms with van der Waals surface area (Å²) in [5.74, 6) is -0.796. The SMILES string of the molecule is O=[N+]([O-])c1cc(NSC2CCCCCC2)ccc1F. The summed E-state index contributed by atoms with van der Waals surface area (Å²) in [6, 6.07) is 3.92. The Morgan fingerprint density at radius 3 is 2.58 bits per heavy atom. The standard InChI is InChI=1S/C13H17FN2O2S/c14-12-8-7-10(9-13(12)16(17)18)15-19-11-5-3-1-2-4-6-11/h7-9,11,15H,1-6H2. The highest BCUT2D eigenvalue weighted by molar-refractivity contribution is 8.01. The molecule has 1 fully saturated rings. The van der Waals surface area contributed by atoms with Crippen molar-refractivity contribution in [2.45, 2.75) is 43.8 Å². The molecule has 0 amide bonds. The molecule has 0 bridgehead atoms. The summed E-state index contributed by atoms with van der Waals surface area (Å²) in [4.78, 5) is 9.96. The monoisotopic (exact) mass is 284 g/mol. The van der Waals surface area contributed by atoms with Crippen LogP contribution in [0.3, 0.4) is 0 Å². The Bertz CT molecular complexity index is 448. The number of nitro benzene ring substituents is 1. The van der Waals surface area contributed by atoms with E-state index in [0.717, 1.165) is 6.07 Å². The highest BCUT2D eigenvalue weighted by Gasteiger charge is 2.16. The van der Waals surface area contributed by atoms with Gasteiger partial charge in [0, 0.05) is 11.3 Å². The molecule has 1 aliphatic carbocycles. The van der Waals surface area contributed by atoms with Crippen LogP contribution in [-0.2, 0) is 0 Å². The minimum absolute atomic E-state index is 0.480. The van der Waals surface area contributed by atoms with Crippen molar-refractivity contribution in [3.05, 3.63) is 34.1 Å². The van der Waals surface area contributed by atoms with E-state index in [1.807, 2.05) is 0 Å². The van der Waals surface area contributed by atoms with Gasteiger partial charge in [-0.25, -0.2) is 0 Å². The third-order valence-electron chi connectivity index (χ3n) is 3.29. The zero-order chi connectivity index (χ0) is 13.7. The molecule has 0 aliphatic heterocycles. The minimum atomic E-state index is -0.796. The molecular weight excluding hydrogens is 267 g/mol. The van der Waals surface area contributed by atoms with E-state index >= 15 is 0 Å². The summed E-state index contributed by atoms with van der Waals surface area (Å²) in [6.07, 6.45) is 7.39. The van der Waals surface area contributed by atoms with Gasteiger partial charge in [-0.2, -0.15) is 4.39 Å². The molecule has 1 aromatic carbocycles. The first-order valence-electron chi connectivity index (χ1n) is 6.52. The molecular formula is C13H17FN2O2S.